The zero-order valence-corrected chi connectivity index (χ0v) is 16.2. The molecule has 1 heterocycles. The van der Waals surface area contributed by atoms with Crippen molar-refractivity contribution in [1.82, 2.24) is 10.2 Å². The fourth-order valence-corrected chi connectivity index (χ4v) is 4.20. The molecule has 1 aliphatic carbocycles. The van der Waals surface area contributed by atoms with Gasteiger partial charge in [-0.1, -0.05) is 62.4 Å². The molecule has 1 fully saturated rings. The zero-order valence-electron chi connectivity index (χ0n) is 16.2. The van der Waals surface area contributed by atoms with E-state index >= 15 is 0 Å². The molecule has 0 aromatic heterocycles. The molecule has 0 radical (unpaired) electrons. The molecular weight excluding hydrogens is 352 g/mol. The zero-order chi connectivity index (χ0) is 19.9. The van der Waals surface area contributed by atoms with Gasteiger partial charge >= 0.3 is 6.03 Å². The number of urea groups is 1. The highest BCUT2D eigenvalue weighted by molar-refractivity contribution is 6.11. The van der Waals surface area contributed by atoms with Crippen molar-refractivity contribution < 1.29 is 14.4 Å². The summed E-state index contributed by atoms with van der Waals surface area (Å²) in [6, 6.07) is 14.6. The van der Waals surface area contributed by atoms with Crippen LogP contribution in [-0.2, 0) is 16.8 Å². The van der Waals surface area contributed by atoms with Crippen LogP contribution in [0.15, 0.2) is 48.5 Å². The van der Waals surface area contributed by atoms with Crippen molar-refractivity contribution in [2.75, 3.05) is 6.54 Å². The van der Waals surface area contributed by atoms with Gasteiger partial charge in [0.2, 0.25) is 0 Å². The molecule has 1 spiro atoms. The van der Waals surface area contributed by atoms with Crippen LogP contribution in [0.2, 0.25) is 0 Å². The highest BCUT2D eigenvalue weighted by Gasteiger charge is 2.55. The molecule has 144 valence electrons. The van der Waals surface area contributed by atoms with Crippen molar-refractivity contribution in [2.45, 2.75) is 44.6 Å². The Morgan fingerprint density at radius 2 is 1.86 bits per heavy atom. The first-order valence-corrected chi connectivity index (χ1v) is 9.82. The van der Waals surface area contributed by atoms with E-state index in [1.165, 1.54) is 5.56 Å². The van der Waals surface area contributed by atoms with Crippen molar-refractivity contribution >= 4 is 17.7 Å². The fourth-order valence-electron chi connectivity index (χ4n) is 4.20. The number of hydrogen-bond acceptors (Lipinski definition) is 3. The first-order valence-electron chi connectivity index (χ1n) is 9.82. The first kappa shape index (κ1) is 18.4. The van der Waals surface area contributed by atoms with Crippen LogP contribution in [0.25, 0.3) is 0 Å². The molecule has 1 saturated heterocycles. The predicted octanol–water partition coefficient (Wildman–Crippen LogP) is 3.78. The molecule has 4 rings (SSSR count). The summed E-state index contributed by atoms with van der Waals surface area (Å²) in [4.78, 5) is 39.5. The predicted molar refractivity (Wildman–Crippen MR) is 106 cm³/mol. The molecule has 28 heavy (non-hydrogen) atoms. The van der Waals surface area contributed by atoms with E-state index in [4.69, 9.17) is 0 Å². The highest BCUT2D eigenvalue weighted by atomic mass is 16.2. The van der Waals surface area contributed by atoms with Gasteiger partial charge in [-0.2, -0.15) is 0 Å². The number of aryl methyl sites for hydroxylation is 1. The van der Waals surface area contributed by atoms with Gasteiger partial charge in [0.15, 0.2) is 5.78 Å². The van der Waals surface area contributed by atoms with Crippen molar-refractivity contribution in [3.05, 3.63) is 70.8 Å². The van der Waals surface area contributed by atoms with E-state index < -0.39 is 11.6 Å². The van der Waals surface area contributed by atoms with Crippen LogP contribution in [0.4, 0.5) is 4.79 Å². The number of hydrogen-bond donors (Lipinski definition) is 1. The van der Waals surface area contributed by atoms with Gasteiger partial charge in [-0.25, -0.2) is 4.79 Å². The number of Topliss-reactive ketones (excluding diaryl/α,β-unsaturated/α-hetero) is 1. The monoisotopic (exact) mass is 376 g/mol. The molecule has 1 N–H and O–H groups in total. The number of amides is 3. The van der Waals surface area contributed by atoms with Crippen LogP contribution >= 0.6 is 0 Å². The number of nitrogens with zero attached hydrogens (tertiary/aromatic N) is 1. The maximum Gasteiger partial charge on any atom is 0.325 e. The molecule has 2 aromatic rings. The number of fused-ring (bicyclic) bond motifs is 2. The average molecular weight is 376 g/mol. The van der Waals surface area contributed by atoms with E-state index in [-0.39, 0.29) is 18.2 Å². The van der Waals surface area contributed by atoms with Gasteiger partial charge in [0.05, 0.1) is 6.54 Å². The number of carbonyl (C=O) groups excluding carboxylic acids is 3. The van der Waals surface area contributed by atoms with Gasteiger partial charge in [0, 0.05) is 5.56 Å². The highest BCUT2D eigenvalue weighted by Crippen LogP contribution is 2.41. The summed E-state index contributed by atoms with van der Waals surface area (Å²) in [5.74, 6) is -0.132. The lowest BCUT2D eigenvalue weighted by atomic mass is 9.92. The maximum absolute atomic E-state index is 13.1. The lowest BCUT2D eigenvalue weighted by molar-refractivity contribution is -0.131. The Bertz CT molecular complexity index is 951. The Labute approximate surface area is 164 Å². The summed E-state index contributed by atoms with van der Waals surface area (Å²) in [7, 11) is 0. The number of nitrogens with one attached hydrogen (secondary N) is 1. The number of imide groups is 1. The van der Waals surface area contributed by atoms with Gasteiger partial charge in [-0.3, -0.25) is 14.5 Å². The molecular formula is C23H24N2O3. The summed E-state index contributed by atoms with van der Waals surface area (Å²) in [6.07, 6.45) is 2.30. The largest absolute Gasteiger partial charge is 0.325 e. The van der Waals surface area contributed by atoms with E-state index in [2.05, 4.69) is 19.2 Å². The van der Waals surface area contributed by atoms with Crippen LogP contribution < -0.4 is 5.32 Å². The van der Waals surface area contributed by atoms with Crippen molar-refractivity contribution in [3.63, 3.8) is 0 Å². The first-order chi connectivity index (χ1) is 13.5. The number of benzene rings is 2. The minimum atomic E-state index is -1.02. The molecule has 5 heteroatoms. The molecule has 5 nitrogen and oxygen atoms in total. The molecule has 2 atom stereocenters. The molecule has 3 amide bonds. The van der Waals surface area contributed by atoms with Gasteiger partial charge in [-0.15, -0.1) is 0 Å². The van der Waals surface area contributed by atoms with Crippen LogP contribution in [0.1, 0.15) is 59.7 Å². The summed E-state index contributed by atoms with van der Waals surface area (Å²) in [5.41, 5.74) is 2.59. The summed E-state index contributed by atoms with van der Waals surface area (Å²) >= 11 is 0. The standard InChI is InChI=1S/C23H24N2O3/c1-3-15(2)16-8-10-18(11-9-16)20(26)14-25-21(27)23(24-22(25)28)13-12-17-6-4-5-7-19(17)23/h4-11,15H,3,12-14H2,1-2H3,(H,24,28). The summed E-state index contributed by atoms with van der Waals surface area (Å²) < 4.78 is 0. The van der Waals surface area contributed by atoms with Crippen molar-refractivity contribution in [2.24, 2.45) is 0 Å². The average Bonchev–Trinajstić information content (AvgIpc) is 3.21. The SMILES string of the molecule is CCC(C)c1ccc(C(=O)CN2C(=O)NC3(CCc4ccccc43)C2=O)cc1. The molecule has 1 aliphatic heterocycles. The number of carbonyl (C=O) groups is 3. The molecule has 0 bridgehead atoms. The summed E-state index contributed by atoms with van der Waals surface area (Å²) in [5, 5.41) is 2.86. The van der Waals surface area contributed by atoms with E-state index in [1.807, 2.05) is 36.4 Å². The summed E-state index contributed by atoms with van der Waals surface area (Å²) in [6.45, 7) is 4.03. The minimum absolute atomic E-state index is 0.234. The molecule has 2 aromatic carbocycles. The van der Waals surface area contributed by atoms with Crippen LogP contribution in [0.3, 0.4) is 0 Å². The normalized spacial score (nSPS) is 21.7. The smallest absolute Gasteiger partial charge is 0.319 e. The number of ketones is 1. The Balaban J connectivity index is 1.54. The van der Waals surface area contributed by atoms with Gasteiger partial charge in [-0.05, 0) is 41.9 Å². The lowest BCUT2D eigenvalue weighted by Gasteiger charge is -2.22. The van der Waals surface area contributed by atoms with Crippen LogP contribution in [0, 0.1) is 0 Å². The van der Waals surface area contributed by atoms with Gasteiger partial charge in [0.25, 0.3) is 5.91 Å². The maximum atomic E-state index is 13.1. The van der Waals surface area contributed by atoms with E-state index in [0.717, 1.165) is 28.9 Å². The molecule has 2 aliphatic rings. The molecule has 0 saturated carbocycles. The second-order valence-electron chi connectivity index (χ2n) is 7.74. The Morgan fingerprint density at radius 1 is 1.14 bits per heavy atom. The Kier molecular flexibility index (Phi) is 4.53. The Hall–Kier alpha value is -2.95. The van der Waals surface area contributed by atoms with Gasteiger partial charge in [0.1, 0.15) is 5.54 Å². The van der Waals surface area contributed by atoms with Crippen molar-refractivity contribution in [1.29, 1.82) is 0 Å². The molecule has 2 unspecified atom stereocenters. The topological polar surface area (TPSA) is 66.5 Å². The Morgan fingerprint density at radius 3 is 2.57 bits per heavy atom. The second-order valence-corrected chi connectivity index (χ2v) is 7.74. The lowest BCUT2D eigenvalue weighted by Crippen LogP contribution is -2.42. The third-order valence-corrected chi connectivity index (χ3v) is 6.14. The van der Waals surface area contributed by atoms with Crippen LogP contribution in [0.5, 0.6) is 0 Å². The second kappa shape index (κ2) is 6.89. The van der Waals surface area contributed by atoms with Gasteiger partial charge < -0.3 is 5.32 Å². The van der Waals surface area contributed by atoms with Crippen molar-refractivity contribution in [3.8, 4) is 0 Å². The van der Waals surface area contributed by atoms with Crippen LogP contribution in [-0.4, -0.2) is 29.2 Å². The number of rotatable bonds is 5. The minimum Gasteiger partial charge on any atom is -0.319 e. The van der Waals surface area contributed by atoms with E-state index in [0.29, 0.717) is 17.9 Å². The third-order valence-electron chi connectivity index (χ3n) is 6.14. The van der Waals surface area contributed by atoms with E-state index in [1.54, 1.807) is 12.1 Å². The third kappa shape index (κ3) is 2.82. The van der Waals surface area contributed by atoms with E-state index in [9.17, 15) is 14.4 Å². The fraction of sp³-hybridized carbons (Fsp3) is 0.348. The quantitative estimate of drug-likeness (QED) is 0.638.